The largest absolute Gasteiger partial charge is 0.496 e. The number of aryl methyl sites for hydroxylation is 1. The van der Waals surface area contributed by atoms with Gasteiger partial charge < -0.3 is 10.1 Å². The predicted molar refractivity (Wildman–Crippen MR) is 73.8 cm³/mol. The Morgan fingerprint density at radius 3 is 2.75 bits per heavy atom. The Morgan fingerprint density at radius 1 is 1.31 bits per heavy atom. The van der Waals surface area contributed by atoms with Gasteiger partial charge in [-0.25, -0.2) is 0 Å². The minimum atomic E-state index is 0.952. The second kappa shape index (κ2) is 7.44. The van der Waals surface area contributed by atoms with E-state index in [-0.39, 0.29) is 0 Å². The Kier molecular flexibility index (Phi) is 6.16. The lowest BCUT2D eigenvalue weighted by Gasteiger charge is -2.09. The molecule has 16 heavy (non-hydrogen) atoms. The van der Waals surface area contributed by atoms with Crippen molar-refractivity contribution >= 4 is 17.4 Å². The molecule has 1 aromatic carbocycles. The van der Waals surface area contributed by atoms with Crippen LogP contribution in [0.1, 0.15) is 18.4 Å². The lowest BCUT2D eigenvalue weighted by atomic mass is 10.2. The maximum absolute atomic E-state index is 5.23. The van der Waals surface area contributed by atoms with Crippen LogP contribution in [0.3, 0.4) is 0 Å². The van der Waals surface area contributed by atoms with Gasteiger partial charge in [0.2, 0.25) is 0 Å². The molecule has 1 rings (SSSR count). The molecule has 0 amide bonds. The van der Waals surface area contributed by atoms with E-state index in [2.05, 4.69) is 30.6 Å². The molecule has 0 aliphatic heterocycles. The molecule has 0 atom stereocenters. The van der Waals surface area contributed by atoms with Crippen molar-refractivity contribution in [2.24, 2.45) is 0 Å². The van der Waals surface area contributed by atoms with Crippen molar-refractivity contribution in [3.8, 4) is 5.75 Å². The molecule has 3 heteroatoms. The van der Waals surface area contributed by atoms with Gasteiger partial charge in [0.25, 0.3) is 0 Å². The predicted octanol–water partition coefficient (Wildman–Crippen LogP) is 3.56. The average Bonchev–Trinajstić information content (AvgIpc) is 2.29. The zero-order valence-corrected chi connectivity index (χ0v) is 11.2. The van der Waals surface area contributed by atoms with Crippen LogP contribution in [-0.2, 0) is 0 Å². The number of anilines is 1. The summed E-state index contributed by atoms with van der Waals surface area (Å²) in [6, 6.07) is 6.22. The van der Waals surface area contributed by atoms with Gasteiger partial charge in [0, 0.05) is 12.2 Å². The third-order valence-electron chi connectivity index (χ3n) is 2.50. The summed E-state index contributed by atoms with van der Waals surface area (Å²) < 4.78 is 5.23. The number of ether oxygens (including phenoxy) is 1. The van der Waals surface area contributed by atoms with Gasteiger partial charge in [-0.05, 0) is 55.5 Å². The fraction of sp³-hybridized carbons (Fsp3) is 0.538. The molecule has 0 bridgehead atoms. The number of nitrogens with one attached hydrogen (secondary N) is 1. The van der Waals surface area contributed by atoms with Crippen LogP contribution in [0.2, 0.25) is 0 Å². The van der Waals surface area contributed by atoms with Crippen molar-refractivity contribution in [3.63, 3.8) is 0 Å². The number of hydrogen-bond acceptors (Lipinski definition) is 3. The Morgan fingerprint density at radius 2 is 2.12 bits per heavy atom. The maximum atomic E-state index is 5.23. The van der Waals surface area contributed by atoms with E-state index < -0.39 is 0 Å². The Labute approximate surface area is 103 Å². The molecule has 0 spiro atoms. The molecule has 1 aromatic rings. The Bertz CT molecular complexity index is 315. The van der Waals surface area contributed by atoms with E-state index in [0.29, 0.717) is 0 Å². The standard InChI is InChI=1S/C13H21NOS/c1-11-10-12(6-7-13(11)15-2)14-8-4-5-9-16-3/h6-7,10,14H,4-5,8-9H2,1-3H3. The summed E-state index contributed by atoms with van der Waals surface area (Å²) >= 11 is 1.91. The number of hydrogen-bond donors (Lipinski definition) is 1. The maximum Gasteiger partial charge on any atom is 0.121 e. The third-order valence-corrected chi connectivity index (χ3v) is 3.20. The van der Waals surface area contributed by atoms with Crippen molar-refractivity contribution in [3.05, 3.63) is 23.8 Å². The first-order valence-corrected chi connectivity index (χ1v) is 7.04. The molecule has 0 fully saturated rings. The highest BCUT2D eigenvalue weighted by Gasteiger charge is 1.98. The Balaban J connectivity index is 2.34. The smallest absolute Gasteiger partial charge is 0.121 e. The third kappa shape index (κ3) is 4.35. The van der Waals surface area contributed by atoms with Crippen molar-refractivity contribution < 1.29 is 4.74 Å². The normalized spacial score (nSPS) is 10.2. The summed E-state index contributed by atoms with van der Waals surface area (Å²) in [6.07, 6.45) is 4.66. The van der Waals surface area contributed by atoms with Crippen LogP contribution in [0.15, 0.2) is 18.2 Å². The summed E-state index contributed by atoms with van der Waals surface area (Å²) in [7, 11) is 1.71. The highest BCUT2D eigenvalue weighted by molar-refractivity contribution is 7.98. The van der Waals surface area contributed by atoms with Crippen molar-refractivity contribution in [2.45, 2.75) is 19.8 Å². The van der Waals surface area contributed by atoms with Crippen LogP contribution in [0, 0.1) is 6.92 Å². The van der Waals surface area contributed by atoms with Gasteiger partial charge in [-0.2, -0.15) is 11.8 Å². The van der Waals surface area contributed by atoms with Gasteiger partial charge in [0.1, 0.15) is 5.75 Å². The van der Waals surface area contributed by atoms with Crippen LogP contribution in [-0.4, -0.2) is 25.7 Å². The number of thioether (sulfide) groups is 1. The van der Waals surface area contributed by atoms with Gasteiger partial charge in [-0.3, -0.25) is 0 Å². The molecule has 0 aliphatic rings. The monoisotopic (exact) mass is 239 g/mol. The van der Waals surface area contributed by atoms with Crippen molar-refractivity contribution in [1.29, 1.82) is 0 Å². The summed E-state index contributed by atoms with van der Waals surface area (Å²) in [4.78, 5) is 0. The minimum Gasteiger partial charge on any atom is -0.496 e. The van der Waals surface area contributed by atoms with Crippen LogP contribution >= 0.6 is 11.8 Å². The zero-order chi connectivity index (χ0) is 11.8. The second-order valence-corrected chi connectivity index (χ2v) is 4.80. The zero-order valence-electron chi connectivity index (χ0n) is 10.4. The van der Waals surface area contributed by atoms with Crippen LogP contribution in [0.4, 0.5) is 5.69 Å². The molecule has 0 aromatic heterocycles. The Hall–Kier alpha value is -0.830. The first kappa shape index (κ1) is 13.2. The molecule has 0 radical (unpaired) electrons. The first-order chi connectivity index (χ1) is 7.77. The summed E-state index contributed by atoms with van der Waals surface area (Å²) in [6.45, 7) is 3.12. The number of benzene rings is 1. The molecular formula is C13H21NOS. The van der Waals surface area contributed by atoms with Crippen molar-refractivity contribution in [2.75, 3.05) is 31.0 Å². The molecule has 0 aliphatic carbocycles. The fourth-order valence-electron chi connectivity index (χ4n) is 1.59. The molecule has 0 heterocycles. The molecule has 0 saturated heterocycles. The SMILES string of the molecule is COc1ccc(NCCCCSC)cc1C. The number of methoxy groups -OCH3 is 1. The van der Waals surface area contributed by atoms with E-state index in [1.807, 2.05) is 17.8 Å². The lowest BCUT2D eigenvalue weighted by molar-refractivity contribution is 0.412. The molecule has 0 saturated carbocycles. The quantitative estimate of drug-likeness (QED) is 0.735. The van der Waals surface area contributed by atoms with E-state index in [4.69, 9.17) is 4.74 Å². The summed E-state index contributed by atoms with van der Waals surface area (Å²) in [5.41, 5.74) is 2.36. The van der Waals surface area contributed by atoms with E-state index in [1.54, 1.807) is 7.11 Å². The van der Waals surface area contributed by atoms with Crippen LogP contribution in [0.5, 0.6) is 5.75 Å². The van der Waals surface area contributed by atoms with E-state index in [1.165, 1.54) is 29.8 Å². The fourth-order valence-corrected chi connectivity index (χ4v) is 2.09. The summed E-state index contributed by atoms with van der Waals surface area (Å²) in [5.74, 6) is 2.21. The number of rotatable bonds is 7. The molecule has 1 N–H and O–H groups in total. The highest BCUT2D eigenvalue weighted by Crippen LogP contribution is 2.21. The van der Waals surface area contributed by atoms with E-state index >= 15 is 0 Å². The van der Waals surface area contributed by atoms with Gasteiger partial charge in [0.15, 0.2) is 0 Å². The van der Waals surface area contributed by atoms with Gasteiger partial charge in [-0.1, -0.05) is 0 Å². The first-order valence-electron chi connectivity index (χ1n) is 5.65. The molecular weight excluding hydrogens is 218 g/mol. The summed E-state index contributed by atoms with van der Waals surface area (Å²) in [5, 5.41) is 3.43. The second-order valence-electron chi connectivity index (χ2n) is 3.81. The van der Waals surface area contributed by atoms with E-state index in [0.717, 1.165) is 12.3 Å². The van der Waals surface area contributed by atoms with Crippen LogP contribution in [0.25, 0.3) is 0 Å². The molecule has 90 valence electrons. The molecule has 2 nitrogen and oxygen atoms in total. The van der Waals surface area contributed by atoms with E-state index in [9.17, 15) is 0 Å². The van der Waals surface area contributed by atoms with Crippen molar-refractivity contribution in [1.82, 2.24) is 0 Å². The molecule has 0 unspecified atom stereocenters. The number of unbranched alkanes of at least 4 members (excludes halogenated alkanes) is 1. The van der Waals surface area contributed by atoms with Gasteiger partial charge in [-0.15, -0.1) is 0 Å². The minimum absolute atomic E-state index is 0.952. The van der Waals surface area contributed by atoms with Gasteiger partial charge in [0.05, 0.1) is 7.11 Å². The van der Waals surface area contributed by atoms with Crippen LogP contribution < -0.4 is 10.1 Å². The van der Waals surface area contributed by atoms with Gasteiger partial charge >= 0.3 is 0 Å². The lowest BCUT2D eigenvalue weighted by Crippen LogP contribution is -2.02. The average molecular weight is 239 g/mol. The topological polar surface area (TPSA) is 21.3 Å². The highest BCUT2D eigenvalue weighted by atomic mass is 32.2.